The molecule has 0 aliphatic carbocycles. The molecule has 0 spiro atoms. The van der Waals surface area contributed by atoms with Crippen LogP contribution in [0.25, 0.3) is 0 Å². The van der Waals surface area contributed by atoms with E-state index in [1.165, 1.54) is 28.3 Å². The van der Waals surface area contributed by atoms with Crippen molar-refractivity contribution < 1.29 is 0 Å². The van der Waals surface area contributed by atoms with E-state index in [9.17, 15) is 0 Å². The third-order valence-electron chi connectivity index (χ3n) is 3.67. The Morgan fingerprint density at radius 3 is 2.65 bits per heavy atom. The van der Waals surface area contributed by atoms with E-state index in [0.29, 0.717) is 5.41 Å². The van der Waals surface area contributed by atoms with Crippen molar-refractivity contribution in [3.63, 3.8) is 0 Å². The van der Waals surface area contributed by atoms with Gasteiger partial charge in [-0.15, -0.1) is 23.7 Å². The minimum atomic E-state index is 0. The predicted octanol–water partition coefficient (Wildman–Crippen LogP) is 2.96. The highest BCUT2D eigenvalue weighted by molar-refractivity contribution is 7.12. The summed E-state index contributed by atoms with van der Waals surface area (Å²) >= 11 is 1.91. The van der Waals surface area contributed by atoms with Crippen LogP contribution in [-0.4, -0.2) is 24.5 Å². The van der Waals surface area contributed by atoms with Crippen LogP contribution in [0.2, 0.25) is 0 Å². The number of hydrogen-bond acceptors (Lipinski definition) is 3. The summed E-state index contributed by atoms with van der Waals surface area (Å²) in [7, 11) is 0. The monoisotopic (exact) mass is 274 g/mol. The van der Waals surface area contributed by atoms with Crippen LogP contribution in [0.4, 0.5) is 0 Å². The molecule has 0 radical (unpaired) electrons. The van der Waals surface area contributed by atoms with Gasteiger partial charge < -0.3 is 5.73 Å². The lowest BCUT2D eigenvalue weighted by Crippen LogP contribution is -2.31. The smallest absolute Gasteiger partial charge is 0.0244 e. The minimum absolute atomic E-state index is 0. The number of halogens is 1. The molecule has 17 heavy (non-hydrogen) atoms. The van der Waals surface area contributed by atoms with E-state index in [2.05, 4.69) is 31.7 Å². The first-order valence-corrected chi connectivity index (χ1v) is 6.82. The van der Waals surface area contributed by atoms with Crippen molar-refractivity contribution in [2.45, 2.75) is 33.7 Å². The van der Waals surface area contributed by atoms with Crippen molar-refractivity contribution in [1.29, 1.82) is 0 Å². The largest absolute Gasteiger partial charge is 0.330 e. The molecule has 0 bridgehead atoms. The average molecular weight is 275 g/mol. The van der Waals surface area contributed by atoms with Gasteiger partial charge in [-0.3, -0.25) is 4.90 Å². The highest BCUT2D eigenvalue weighted by Gasteiger charge is 2.32. The molecule has 2 heterocycles. The third-order valence-corrected chi connectivity index (χ3v) is 4.68. The van der Waals surface area contributed by atoms with Crippen LogP contribution in [0.3, 0.4) is 0 Å². The number of aryl methyl sites for hydroxylation is 2. The lowest BCUT2D eigenvalue weighted by Gasteiger charge is -2.22. The van der Waals surface area contributed by atoms with Crippen molar-refractivity contribution >= 4 is 23.7 Å². The number of rotatable bonds is 3. The quantitative estimate of drug-likeness (QED) is 0.918. The van der Waals surface area contributed by atoms with Crippen LogP contribution in [0.1, 0.15) is 28.7 Å². The molecular formula is C13H23ClN2S. The molecule has 1 unspecified atom stereocenters. The summed E-state index contributed by atoms with van der Waals surface area (Å²) in [6.07, 6.45) is 1.24. The van der Waals surface area contributed by atoms with Gasteiger partial charge >= 0.3 is 0 Å². The summed E-state index contributed by atoms with van der Waals surface area (Å²) < 4.78 is 0. The van der Waals surface area contributed by atoms with Gasteiger partial charge in [0.25, 0.3) is 0 Å². The maximum absolute atomic E-state index is 5.83. The van der Waals surface area contributed by atoms with Gasteiger partial charge in [-0.05, 0) is 50.4 Å². The van der Waals surface area contributed by atoms with Crippen LogP contribution in [-0.2, 0) is 6.54 Å². The Labute approximate surface area is 115 Å². The van der Waals surface area contributed by atoms with Gasteiger partial charge in [-0.25, -0.2) is 0 Å². The van der Waals surface area contributed by atoms with Gasteiger partial charge in [-0.2, -0.15) is 0 Å². The summed E-state index contributed by atoms with van der Waals surface area (Å²) in [6.45, 7) is 11.0. The molecule has 1 saturated heterocycles. The molecule has 2 N–H and O–H groups in total. The fourth-order valence-electron chi connectivity index (χ4n) is 2.51. The topological polar surface area (TPSA) is 29.3 Å². The molecule has 1 aliphatic heterocycles. The zero-order chi connectivity index (χ0) is 11.8. The van der Waals surface area contributed by atoms with E-state index >= 15 is 0 Å². The van der Waals surface area contributed by atoms with Crippen molar-refractivity contribution in [2.75, 3.05) is 19.6 Å². The van der Waals surface area contributed by atoms with Crippen LogP contribution in [0, 0.1) is 19.3 Å². The second kappa shape index (κ2) is 5.70. The molecule has 1 aromatic rings. The zero-order valence-corrected chi connectivity index (χ0v) is 12.6. The summed E-state index contributed by atoms with van der Waals surface area (Å²) in [5, 5.41) is 0. The van der Waals surface area contributed by atoms with Gasteiger partial charge in [0.15, 0.2) is 0 Å². The first-order valence-electron chi connectivity index (χ1n) is 6.01. The van der Waals surface area contributed by atoms with E-state index in [1.54, 1.807) is 0 Å². The summed E-state index contributed by atoms with van der Waals surface area (Å²) in [4.78, 5) is 5.44. The van der Waals surface area contributed by atoms with Crippen molar-refractivity contribution in [3.05, 3.63) is 21.4 Å². The van der Waals surface area contributed by atoms with E-state index in [0.717, 1.165) is 19.6 Å². The fourth-order valence-corrected chi connectivity index (χ4v) is 3.45. The zero-order valence-electron chi connectivity index (χ0n) is 11.0. The van der Waals surface area contributed by atoms with Crippen molar-refractivity contribution in [1.82, 2.24) is 4.90 Å². The summed E-state index contributed by atoms with van der Waals surface area (Å²) in [5.74, 6) is 0. The standard InChI is InChI=1S/C13H22N2S.ClH/c1-10-6-12(11(2)16-10)7-15-5-4-13(3,8-14)9-15;/h6H,4-5,7-9,14H2,1-3H3;1H. The molecule has 1 aromatic heterocycles. The molecule has 0 saturated carbocycles. The SMILES string of the molecule is Cc1cc(CN2CCC(C)(CN)C2)c(C)s1.Cl. The Morgan fingerprint density at radius 2 is 2.18 bits per heavy atom. The Bertz CT molecular complexity index is 377. The second-order valence-corrected chi connectivity index (χ2v) is 6.87. The molecule has 1 fully saturated rings. The Hall–Kier alpha value is -0.0900. The maximum Gasteiger partial charge on any atom is 0.0244 e. The molecule has 0 amide bonds. The van der Waals surface area contributed by atoms with Crippen LogP contribution < -0.4 is 5.73 Å². The molecule has 0 aromatic carbocycles. The molecule has 1 atom stereocenters. The Kier molecular flexibility index (Phi) is 5.02. The number of nitrogens with zero attached hydrogens (tertiary/aromatic N) is 1. The van der Waals surface area contributed by atoms with Crippen LogP contribution in [0.15, 0.2) is 6.07 Å². The molecule has 2 nitrogen and oxygen atoms in total. The molecule has 98 valence electrons. The minimum Gasteiger partial charge on any atom is -0.330 e. The summed E-state index contributed by atoms with van der Waals surface area (Å²) in [6, 6.07) is 2.33. The predicted molar refractivity (Wildman–Crippen MR) is 78.1 cm³/mol. The highest BCUT2D eigenvalue weighted by Crippen LogP contribution is 2.31. The molecule has 1 aliphatic rings. The van der Waals surface area contributed by atoms with Gasteiger partial charge in [0.1, 0.15) is 0 Å². The number of nitrogens with two attached hydrogens (primary N) is 1. The van der Waals surface area contributed by atoms with Gasteiger partial charge in [0, 0.05) is 22.8 Å². The van der Waals surface area contributed by atoms with E-state index in [-0.39, 0.29) is 12.4 Å². The van der Waals surface area contributed by atoms with Crippen molar-refractivity contribution in [3.8, 4) is 0 Å². The normalized spacial score (nSPS) is 24.9. The molecule has 2 rings (SSSR count). The number of hydrogen-bond donors (Lipinski definition) is 1. The van der Waals surface area contributed by atoms with E-state index in [4.69, 9.17) is 5.73 Å². The third kappa shape index (κ3) is 3.44. The molecule has 4 heteroatoms. The summed E-state index contributed by atoms with van der Waals surface area (Å²) in [5.41, 5.74) is 7.68. The maximum atomic E-state index is 5.83. The Morgan fingerprint density at radius 1 is 1.47 bits per heavy atom. The van der Waals surface area contributed by atoms with E-state index < -0.39 is 0 Å². The molecular weight excluding hydrogens is 252 g/mol. The van der Waals surface area contributed by atoms with Gasteiger partial charge in [-0.1, -0.05) is 6.92 Å². The first-order chi connectivity index (χ1) is 7.52. The highest BCUT2D eigenvalue weighted by atomic mass is 35.5. The second-order valence-electron chi connectivity index (χ2n) is 5.41. The van der Waals surface area contributed by atoms with E-state index in [1.807, 2.05) is 11.3 Å². The average Bonchev–Trinajstić information content (AvgIpc) is 2.73. The van der Waals surface area contributed by atoms with Gasteiger partial charge in [0.2, 0.25) is 0 Å². The first kappa shape index (κ1) is 15.0. The van der Waals surface area contributed by atoms with Gasteiger partial charge in [0.05, 0.1) is 0 Å². The van der Waals surface area contributed by atoms with Crippen LogP contribution in [0.5, 0.6) is 0 Å². The lowest BCUT2D eigenvalue weighted by atomic mass is 9.90. The lowest BCUT2D eigenvalue weighted by molar-refractivity contribution is 0.274. The van der Waals surface area contributed by atoms with Crippen LogP contribution >= 0.6 is 23.7 Å². The number of likely N-dealkylation sites (tertiary alicyclic amines) is 1. The Balaban J connectivity index is 0.00000144. The number of thiophene rings is 1. The van der Waals surface area contributed by atoms with Crippen molar-refractivity contribution in [2.24, 2.45) is 11.1 Å². The fraction of sp³-hybridized carbons (Fsp3) is 0.692.